The molecule has 2 aromatic rings. The minimum atomic E-state index is 0.0242. The lowest BCUT2D eigenvalue weighted by Crippen LogP contribution is -2.37. The quantitative estimate of drug-likeness (QED) is 0.870. The molecule has 5 nitrogen and oxygen atoms in total. The lowest BCUT2D eigenvalue weighted by Gasteiger charge is -2.30. The van der Waals surface area contributed by atoms with Gasteiger partial charge in [-0.2, -0.15) is 0 Å². The first kappa shape index (κ1) is 14.9. The number of benzene rings is 1. The molecule has 1 aliphatic rings. The van der Waals surface area contributed by atoms with E-state index < -0.39 is 0 Å². The van der Waals surface area contributed by atoms with Gasteiger partial charge in [0.15, 0.2) is 0 Å². The zero-order chi connectivity index (χ0) is 15.5. The van der Waals surface area contributed by atoms with Crippen LogP contribution in [0, 0.1) is 0 Å². The number of piperidine rings is 1. The van der Waals surface area contributed by atoms with Crippen molar-refractivity contribution in [2.75, 3.05) is 20.2 Å². The van der Waals surface area contributed by atoms with Gasteiger partial charge in [0, 0.05) is 35.7 Å². The molecule has 1 amide bonds. The number of hydrogen-bond acceptors (Lipinski definition) is 4. The Labute approximate surface area is 133 Å². The van der Waals surface area contributed by atoms with Gasteiger partial charge >= 0.3 is 0 Å². The molecule has 116 valence electrons. The zero-order valence-electron chi connectivity index (χ0n) is 12.3. The summed E-state index contributed by atoms with van der Waals surface area (Å²) >= 11 is 5.95. The maximum atomic E-state index is 12.5. The van der Waals surface area contributed by atoms with E-state index in [0.717, 1.165) is 18.6 Å². The molecule has 0 atom stereocenters. The Balaban J connectivity index is 1.62. The second kappa shape index (κ2) is 6.40. The molecule has 0 saturated carbocycles. The lowest BCUT2D eigenvalue weighted by atomic mass is 9.94. The molecule has 0 bridgehead atoms. The van der Waals surface area contributed by atoms with E-state index in [1.165, 1.54) is 0 Å². The molecule has 1 aliphatic heterocycles. The summed E-state index contributed by atoms with van der Waals surface area (Å²) in [5.41, 5.74) is 0.632. The molecule has 22 heavy (non-hydrogen) atoms. The number of carbonyl (C=O) groups is 1. The highest BCUT2D eigenvalue weighted by atomic mass is 35.5. The molecule has 3 rings (SSSR count). The van der Waals surface area contributed by atoms with Gasteiger partial charge in [-0.15, -0.1) is 0 Å². The Kier molecular flexibility index (Phi) is 4.34. The Morgan fingerprint density at radius 3 is 2.77 bits per heavy atom. The first-order valence-electron chi connectivity index (χ1n) is 7.23. The monoisotopic (exact) mass is 320 g/mol. The molecular formula is C16H17ClN2O3. The molecule has 2 heterocycles. The average Bonchev–Trinajstić information content (AvgIpc) is 3.03. The minimum Gasteiger partial charge on any atom is -0.479 e. The molecule has 1 aromatic heterocycles. The van der Waals surface area contributed by atoms with Gasteiger partial charge in [0.1, 0.15) is 5.76 Å². The highest BCUT2D eigenvalue weighted by Crippen LogP contribution is 2.30. The third kappa shape index (κ3) is 3.09. The standard InChI is InChI=1S/C16H17ClN2O3/c1-21-15-10-14(22-18-15)11-5-7-19(8-6-11)16(20)12-3-2-4-13(17)9-12/h2-4,9-11H,5-8H2,1H3. The van der Waals surface area contributed by atoms with E-state index in [-0.39, 0.29) is 11.8 Å². The normalized spacial score (nSPS) is 15.8. The summed E-state index contributed by atoms with van der Waals surface area (Å²) < 4.78 is 10.3. The fourth-order valence-corrected chi connectivity index (χ4v) is 2.92. The largest absolute Gasteiger partial charge is 0.479 e. The molecule has 0 aliphatic carbocycles. The van der Waals surface area contributed by atoms with Gasteiger partial charge in [-0.05, 0) is 36.2 Å². The first-order chi connectivity index (χ1) is 10.7. The van der Waals surface area contributed by atoms with Crippen LogP contribution in [0.15, 0.2) is 34.9 Å². The summed E-state index contributed by atoms with van der Waals surface area (Å²) in [6, 6.07) is 8.88. The third-order valence-electron chi connectivity index (χ3n) is 3.97. The average molecular weight is 321 g/mol. The van der Waals surface area contributed by atoms with E-state index >= 15 is 0 Å². The molecule has 0 spiro atoms. The number of rotatable bonds is 3. The van der Waals surface area contributed by atoms with Crippen molar-refractivity contribution in [3.05, 3.63) is 46.7 Å². The van der Waals surface area contributed by atoms with Crippen LogP contribution in [-0.2, 0) is 0 Å². The Morgan fingerprint density at radius 2 is 2.14 bits per heavy atom. The van der Waals surface area contributed by atoms with Gasteiger partial charge in [0.2, 0.25) is 0 Å². The molecule has 1 aromatic carbocycles. The fraction of sp³-hybridized carbons (Fsp3) is 0.375. The maximum Gasteiger partial charge on any atom is 0.254 e. The number of likely N-dealkylation sites (tertiary alicyclic amines) is 1. The molecule has 0 N–H and O–H groups in total. The topological polar surface area (TPSA) is 55.6 Å². The highest BCUT2D eigenvalue weighted by Gasteiger charge is 2.27. The Morgan fingerprint density at radius 1 is 1.36 bits per heavy atom. The number of methoxy groups -OCH3 is 1. The molecule has 0 unspecified atom stereocenters. The van der Waals surface area contributed by atoms with Gasteiger partial charge in [-0.1, -0.05) is 17.7 Å². The summed E-state index contributed by atoms with van der Waals surface area (Å²) in [7, 11) is 1.56. The molecule has 0 radical (unpaired) electrons. The lowest BCUT2D eigenvalue weighted by molar-refractivity contribution is 0.0706. The van der Waals surface area contributed by atoms with E-state index in [1.807, 2.05) is 11.0 Å². The predicted octanol–water partition coefficient (Wildman–Crippen LogP) is 3.36. The van der Waals surface area contributed by atoms with Gasteiger partial charge in [0.25, 0.3) is 11.8 Å². The van der Waals surface area contributed by atoms with Crippen molar-refractivity contribution in [1.82, 2.24) is 10.1 Å². The van der Waals surface area contributed by atoms with Crippen molar-refractivity contribution in [2.24, 2.45) is 0 Å². The Hall–Kier alpha value is -2.01. The van der Waals surface area contributed by atoms with Gasteiger partial charge < -0.3 is 14.2 Å². The van der Waals surface area contributed by atoms with E-state index in [2.05, 4.69) is 5.16 Å². The van der Waals surface area contributed by atoms with E-state index in [9.17, 15) is 4.79 Å². The number of ether oxygens (including phenoxy) is 1. The van der Waals surface area contributed by atoms with Crippen LogP contribution in [0.5, 0.6) is 5.88 Å². The smallest absolute Gasteiger partial charge is 0.254 e. The fourth-order valence-electron chi connectivity index (χ4n) is 2.73. The SMILES string of the molecule is COc1cc(C2CCN(C(=O)c3cccc(Cl)c3)CC2)on1. The summed E-state index contributed by atoms with van der Waals surface area (Å²) in [5, 5.41) is 4.41. The summed E-state index contributed by atoms with van der Waals surface area (Å²) in [6.45, 7) is 1.39. The van der Waals surface area contributed by atoms with Crippen LogP contribution in [0.25, 0.3) is 0 Å². The van der Waals surface area contributed by atoms with Crippen LogP contribution in [0.4, 0.5) is 0 Å². The molecule has 1 fully saturated rings. The van der Waals surface area contributed by atoms with Crippen molar-refractivity contribution >= 4 is 17.5 Å². The van der Waals surface area contributed by atoms with Crippen LogP contribution in [0.2, 0.25) is 5.02 Å². The van der Waals surface area contributed by atoms with Crippen LogP contribution < -0.4 is 4.74 Å². The van der Waals surface area contributed by atoms with E-state index in [0.29, 0.717) is 29.6 Å². The summed E-state index contributed by atoms with van der Waals surface area (Å²) in [6.07, 6.45) is 1.70. The number of carbonyl (C=O) groups excluding carboxylic acids is 1. The number of amides is 1. The number of hydrogen-bond donors (Lipinski definition) is 0. The number of aromatic nitrogens is 1. The first-order valence-corrected chi connectivity index (χ1v) is 7.60. The van der Waals surface area contributed by atoms with Crippen molar-refractivity contribution in [3.63, 3.8) is 0 Å². The zero-order valence-corrected chi connectivity index (χ0v) is 13.0. The van der Waals surface area contributed by atoms with Crippen molar-refractivity contribution in [2.45, 2.75) is 18.8 Å². The van der Waals surface area contributed by atoms with Gasteiger partial charge in [-0.25, -0.2) is 0 Å². The van der Waals surface area contributed by atoms with E-state index in [4.69, 9.17) is 20.9 Å². The van der Waals surface area contributed by atoms with Crippen molar-refractivity contribution < 1.29 is 14.1 Å². The summed E-state index contributed by atoms with van der Waals surface area (Å²) in [4.78, 5) is 14.3. The minimum absolute atomic E-state index is 0.0242. The van der Waals surface area contributed by atoms with E-state index in [1.54, 1.807) is 31.4 Å². The second-order valence-corrected chi connectivity index (χ2v) is 5.78. The van der Waals surface area contributed by atoms with Crippen LogP contribution in [-0.4, -0.2) is 36.2 Å². The molecule has 1 saturated heterocycles. The molecular weight excluding hydrogens is 304 g/mol. The number of nitrogens with zero attached hydrogens (tertiary/aromatic N) is 2. The van der Waals surface area contributed by atoms with Gasteiger partial charge in [-0.3, -0.25) is 4.79 Å². The third-order valence-corrected chi connectivity index (χ3v) is 4.21. The van der Waals surface area contributed by atoms with Crippen LogP contribution >= 0.6 is 11.6 Å². The summed E-state index contributed by atoms with van der Waals surface area (Å²) in [5.74, 6) is 1.62. The number of halogens is 1. The van der Waals surface area contributed by atoms with Crippen LogP contribution in [0.1, 0.15) is 34.9 Å². The molecule has 6 heteroatoms. The maximum absolute atomic E-state index is 12.5. The second-order valence-electron chi connectivity index (χ2n) is 5.35. The predicted molar refractivity (Wildman–Crippen MR) is 82.4 cm³/mol. The van der Waals surface area contributed by atoms with Gasteiger partial charge in [0.05, 0.1) is 7.11 Å². The Bertz CT molecular complexity index is 663. The van der Waals surface area contributed by atoms with Crippen molar-refractivity contribution in [3.8, 4) is 5.88 Å². The van der Waals surface area contributed by atoms with Crippen molar-refractivity contribution in [1.29, 1.82) is 0 Å². The van der Waals surface area contributed by atoms with Crippen LogP contribution in [0.3, 0.4) is 0 Å². The highest BCUT2D eigenvalue weighted by molar-refractivity contribution is 6.30.